The second-order valence-electron chi connectivity index (χ2n) is 10.1. The number of halogens is 1. The van der Waals surface area contributed by atoms with E-state index in [2.05, 4.69) is 4.98 Å². The van der Waals surface area contributed by atoms with E-state index in [0.717, 1.165) is 27.9 Å². The lowest BCUT2D eigenvalue weighted by atomic mass is 9.86. The molecule has 1 amide bonds. The fraction of sp³-hybridized carbons (Fsp3) is 0.250. The normalized spacial score (nSPS) is 16.5. The lowest BCUT2D eigenvalue weighted by molar-refractivity contribution is -0.118. The number of carbonyl (C=O) groups excluding carboxylic acids is 1. The maximum Gasteiger partial charge on any atom is 0.232 e. The van der Waals surface area contributed by atoms with Crippen molar-refractivity contribution in [2.45, 2.75) is 44.9 Å². The molecule has 39 heavy (non-hydrogen) atoms. The van der Waals surface area contributed by atoms with Crippen LogP contribution in [-0.2, 0) is 16.8 Å². The predicted octanol–water partition coefficient (Wildman–Crippen LogP) is 6.47. The van der Waals surface area contributed by atoms with Gasteiger partial charge in [0, 0.05) is 23.1 Å². The van der Waals surface area contributed by atoms with Crippen LogP contribution in [0.4, 0.5) is 5.69 Å². The van der Waals surface area contributed by atoms with Gasteiger partial charge in [0.2, 0.25) is 5.91 Å². The maximum absolute atomic E-state index is 13.7. The Morgan fingerprint density at radius 1 is 0.974 bits per heavy atom. The molecule has 0 saturated heterocycles. The summed E-state index contributed by atoms with van der Waals surface area (Å²) in [5, 5.41) is 11.9. The number of methoxy groups -OCH3 is 1. The second-order valence-corrected chi connectivity index (χ2v) is 10.6. The van der Waals surface area contributed by atoms with Gasteiger partial charge >= 0.3 is 0 Å². The number of anilines is 1. The number of rotatable bonds is 7. The molecule has 200 valence electrons. The third-order valence-electron chi connectivity index (χ3n) is 7.09. The fourth-order valence-corrected chi connectivity index (χ4v) is 5.24. The Bertz CT molecular complexity index is 1470. The van der Waals surface area contributed by atoms with Crippen LogP contribution < -0.4 is 14.4 Å². The van der Waals surface area contributed by atoms with Crippen LogP contribution in [0.15, 0.2) is 85.2 Å². The summed E-state index contributed by atoms with van der Waals surface area (Å²) in [7, 11) is 1.60. The van der Waals surface area contributed by atoms with Crippen molar-refractivity contribution >= 4 is 23.2 Å². The summed E-state index contributed by atoms with van der Waals surface area (Å²) < 4.78 is 11.7. The lowest BCUT2D eigenvalue weighted by Gasteiger charge is -2.38. The van der Waals surface area contributed by atoms with E-state index >= 15 is 0 Å². The summed E-state index contributed by atoms with van der Waals surface area (Å²) in [6.07, 6.45) is 3.48. The van der Waals surface area contributed by atoms with Crippen LogP contribution in [0.25, 0.3) is 0 Å². The Kier molecular flexibility index (Phi) is 7.34. The molecular formula is C32H31ClN2O4. The van der Waals surface area contributed by atoms with Gasteiger partial charge in [-0.15, -0.1) is 0 Å². The van der Waals surface area contributed by atoms with Gasteiger partial charge < -0.3 is 19.5 Å². The fourth-order valence-electron chi connectivity index (χ4n) is 5.12. The predicted molar refractivity (Wildman–Crippen MR) is 153 cm³/mol. The van der Waals surface area contributed by atoms with E-state index < -0.39 is 11.6 Å². The number of nitrogens with zero attached hydrogens (tertiary/aromatic N) is 2. The molecule has 0 radical (unpaired) electrons. The summed E-state index contributed by atoms with van der Waals surface area (Å²) in [4.78, 5) is 19.6. The summed E-state index contributed by atoms with van der Waals surface area (Å²) >= 11 is 6.22. The number of hydrogen-bond donors (Lipinski definition) is 1. The second kappa shape index (κ2) is 10.7. The molecule has 1 aromatic heterocycles. The Labute approximate surface area is 233 Å². The first kappa shape index (κ1) is 26.7. The molecule has 6 nitrogen and oxygen atoms in total. The standard InChI is InChI=1S/C32H31ClN2O4/c1-20(2)39-29-19-27-22(17-28(29)38-4)18-30(36)35(31(27)21-5-9-25(33)10-6-21)26-11-7-23(8-12-26)32(3,37)24-13-15-34-16-14-24/h5-17,19-20,31,37H,18H2,1-4H3. The molecule has 0 aliphatic carbocycles. The van der Waals surface area contributed by atoms with Crippen molar-refractivity contribution < 1.29 is 19.4 Å². The summed E-state index contributed by atoms with van der Waals surface area (Å²) in [5.41, 5.74) is 3.73. The SMILES string of the molecule is COc1cc2c(cc1OC(C)C)C(c1ccc(Cl)cc1)N(c1ccc(C(C)(O)c3ccncc3)cc1)C(=O)C2. The van der Waals surface area contributed by atoms with Crippen LogP contribution in [0.3, 0.4) is 0 Å². The molecule has 0 saturated carbocycles. The van der Waals surface area contributed by atoms with Crippen molar-refractivity contribution in [3.05, 3.63) is 118 Å². The molecule has 3 aromatic carbocycles. The zero-order valence-corrected chi connectivity index (χ0v) is 23.1. The Morgan fingerprint density at radius 2 is 1.62 bits per heavy atom. The number of hydrogen-bond acceptors (Lipinski definition) is 5. The highest BCUT2D eigenvalue weighted by Crippen LogP contribution is 2.44. The van der Waals surface area contributed by atoms with E-state index in [1.165, 1.54) is 0 Å². The average molecular weight is 543 g/mol. The monoisotopic (exact) mass is 542 g/mol. The number of aromatic nitrogens is 1. The molecule has 0 bridgehead atoms. The van der Waals surface area contributed by atoms with Crippen molar-refractivity contribution in [2.75, 3.05) is 12.0 Å². The van der Waals surface area contributed by atoms with Crippen LogP contribution >= 0.6 is 11.6 Å². The van der Waals surface area contributed by atoms with Crippen molar-refractivity contribution in [2.24, 2.45) is 0 Å². The van der Waals surface area contributed by atoms with Crippen LogP contribution in [0.2, 0.25) is 5.02 Å². The van der Waals surface area contributed by atoms with Gasteiger partial charge in [-0.25, -0.2) is 0 Å². The van der Waals surface area contributed by atoms with Crippen LogP contribution in [-0.4, -0.2) is 29.2 Å². The molecule has 1 aliphatic heterocycles. The zero-order valence-electron chi connectivity index (χ0n) is 22.4. The molecule has 0 fully saturated rings. The Morgan fingerprint density at radius 3 is 2.23 bits per heavy atom. The number of fused-ring (bicyclic) bond motifs is 1. The number of ether oxygens (including phenoxy) is 2. The van der Waals surface area contributed by atoms with E-state index in [-0.39, 0.29) is 18.4 Å². The largest absolute Gasteiger partial charge is 0.493 e. The van der Waals surface area contributed by atoms with Gasteiger partial charge in [-0.05, 0) is 97.1 Å². The van der Waals surface area contributed by atoms with Gasteiger partial charge in [0.05, 0.1) is 25.7 Å². The highest BCUT2D eigenvalue weighted by atomic mass is 35.5. The Balaban J connectivity index is 1.61. The van der Waals surface area contributed by atoms with Crippen molar-refractivity contribution in [1.29, 1.82) is 0 Å². The molecule has 5 rings (SSSR count). The van der Waals surface area contributed by atoms with Crippen molar-refractivity contribution in [3.8, 4) is 11.5 Å². The van der Waals surface area contributed by atoms with Gasteiger partial charge in [0.1, 0.15) is 5.60 Å². The van der Waals surface area contributed by atoms with E-state index in [0.29, 0.717) is 22.1 Å². The van der Waals surface area contributed by atoms with Crippen LogP contribution in [0.5, 0.6) is 11.5 Å². The minimum absolute atomic E-state index is 0.0457. The molecule has 1 N–H and O–H groups in total. The summed E-state index contributed by atoms with van der Waals surface area (Å²) in [6, 6.07) is 22.1. The quantitative estimate of drug-likeness (QED) is 0.290. The first-order valence-electron chi connectivity index (χ1n) is 12.9. The minimum atomic E-state index is -1.21. The van der Waals surface area contributed by atoms with Crippen molar-refractivity contribution in [3.63, 3.8) is 0 Å². The van der Waals surface area contributed by atoms with Crippen LogP contribution in [0, 0.1) is 0 Å². The number of benzene rings is 3. The van der Waals surface area contributed by atoms with Gasteiger partial charge in [-0.1, -0.05) is 35.9 Å². The third kappa shape index (κ3) is 5.22. The van der Waals surface area contributed by atoms with E-state index in [4.69, 9.17) is 21.1 Å². The molecule has 2 unspecified atom stereocenters. The number of pyridine rings is 1. The zero-order chi connectivity index (χ0) is 27.7. The molecule has 2 atom stereocenters. The lowest BCUT2D eigenvalue weighted by Crippen LogP contribution is -2.41. The topological polar surface area (TPSA) is 71.9 Å². The average Bonchev–Trinajstić information content (AvgIpc) is 2.93. The number of aliphatic hydroxyl groups is 1. The number of amides is 1. The first-order chi connectivity index (χ1) is 18.7. The van der Waals surface area contributed by atoms with E-state index in [1.54, 1.807) is 38.6 Å². The Hall–Kier alpha value is -3.87. The molecule has 2 heterocycles. The molecule has 1 aliphatic rings. The van der Waals surface area contributed by atoms with E-state index in [1.807, 2.05) is 79.4 Å². The molecule has 7 heteroatoms. The smallest absolute Gasteiger partial charge is 0.232 e. The summed E-state index contributed by atoms with van der Waals surface area (Å²) in [6.45, 7) is 5.68. The van der Waals surface area contributed by atoms with Gasteiger partial charge in [-0.2, -0.15) is 0 Å². The summed E-state index contributed by atoms with van der Waals surface area (Å²) in [5.74, 6) is 1.18. The van der Waals surface area contributed by atoms with E-state index in [9.17, 15) is 9.90 Å². The van der Waals surface area contributed by atoms with Crippen molar-refractivity contribution in [1.82, 2.24) is 4.98 Å². The maximum atomic E-state index is 13.7. The third-order valence-corrected chi connectivity index (χ3v) is 7.34. The number of carbonyl (C=O) groups is 1. The van der Waals surface area contributed by atoms with Gasteiger partial charge in [0.15, 0.2) is 11.5 Å². The molecule has 0 spiro atoms. The first-order valence-corrected chi connectivity index (χ1v) is 13.2. The minimum Gasteiger partial charge on any atom is -0.493 e. The molecular weight excluding hydrogens is 512 g/mol. The van der Waals surface area contributed by atoms with Gasteiger partial charge in [0.25, 0.3) is 0 Å². The highest BCUT2D eigenvalue weighted by molar-refractivity contribution is 6.30. The van der Waals surface area contributed by atoms with Gasteiger partial charge in [-0.3, -0.25) is 9.78 Å². The molecule has 4 aromatic rings. The highest BCUT2D eigenvalue weighted by Gasteiger charge is 2.36. The van der Waals surface area contributed by atoms with Crippen LogP contribution in [0.1, 0.15) is 54.6 Å².